The summed E-state index contributed by atoms with van der Waals surface area (Å²) >= 11 is 3.53. The largest absolute Gasteiger partial charge is 0.634 e. The Bertz CT molecular complexity index is 905. The maximum absolute atomic E-state index is 13.4. The number of carbonyl (C=O) groups excluding carboxylic acids is 1. The molecule has 0 bridgehead atoms. The average molecular weight is 563 g/mol. The van der Waals surface area contributed by atoms with Crippen LogP contribution in [-0.2, 0) is 9.63 Å². The maximum Gasteiger partial charge on any atom is 0.231 e. The van der Waals surface area contributed by atoms with E-state index in [1.165, 1.54) is 12.8 Å². The first-order chi connectivity index (χ1) is 17.2. The molecule has 200 valence electrons. The van der Waals surface area contributed by atoms with Gasteiger partial charge in [-0.25, -0.2) is 0 Å². The fourth-order valence-corrected chi connectivity index (χ4v) is 7.23. The minimum Gasteiger partial charge on any atom is -0.634 e. The molecule has 7 heteroatoms. The van der Waals surface area contributed by atoms with E-state index in [2.05, 4.69) is 64.1 Å². The van der Waals surface area contributed by atoms with Gasteiger partial charge in [0.15, 0.2) is 0 Å². The Morgan fingerprint density at radius 3 is 2.39 bits per heavy atom. The van der Waals surface area contributed by atoms with Crippen molar-refractivity contribution in [1.82, 2.24) is 4.90 Å². The number of hydrogen-bond donors (Lipinski definition) is 1. The van der Waals surface area contributed by atoms with Crippen molar-refractivity contribution in [2.24, 2.45) is 34.2 Å². The van der Waals surface area contributed by atoms with Crippen molar-refractivity contribution in [1.29, 1.82) is 0 Å². The number of rotatable bonds is 6. The number of benzene rings is 1. The number of nitrogens with zero attached hydrogens (tertiary/aromatic N) is 2. The summed E-state index contributed by atoms with van der Waals surface area (Å²) in [6.07, 6.45) is 7.62. The summed E-state index contributed by atoms with van der Waals surface area (Å²) in [5.41, 5.74) is 2.51. The van der Waals surface area contributed by atoms with Crippen molar-refractivity contribution in [3.63, 3.8) is 0 Å². The first-order valence-corrected chi connectivity index (χ1v) is 14.8. The van der Waals surface area contributed by atoms with Gasteiger partial charge in [0, 0.05) is 29.9 Å². The first-order valence-electron chi connectivity index (χ1n) is 14.0. The predicted octanol–water partition coefficient (Wildman–Crippen LogP) is 5.05. The van der Waals surface area contributed by atoms with Gasteiger partial charge in [0.25, 0.3) is 0 Å². The summed E-state index contributed by atoms with van der Waals surface area (Å²) in [5, 5.41) is 17.1. The molecule has 0 radical (unpaired) electrons. The van der Waals surface area contributed by atoms with Gasteiger partial charge < -0.3 is 20.0 Å². The van der Waals surface area contributed by atoms with Crippen LogP contribution in [0, 0.1) is 34.3 Å². The molecule has 1 amide bonds. The van der Waals surface area contributed by atoms with E-state index in [0.717, 1.165) is 60.9 Å². The van der Waals surface area contributed by atoms with Gasteiger partial charge in [-0.3, -0.25) is 4.79 Å². The Morgan fingerprint density at radius 1 is 1.14 bits per heavy atom. The van der Waals surface area contributed by atoms with Crippen molar-refractivity contribution in [2.75, 3.05) is 26.2 Å². The van der Waals surface area contributed by atoms with E-state index in [1.807, 2.05) is 13.8 Å². The molecule has 36 heavy (non-hydrogen) atoms. The summed E-state index contributed by atoms with van der Waals surface area (Å²) in [7, 11) is 0. The van der Waals surface area contributed by atoms with Gasteiger partial charge in [0.2, 0.25) is 5.91 Å². The van der Waals surface area contributed by atoms with E-state index in [1.54, 1.807) is 0 Å². The number of nitrogens with one attached hydrogen (secondary N) is 1. The highest BCUT2D eigenvalue weighted by atomic mass is 79.9. The van der Waals surface area contributed by atoms with Crippen LogP contribution in [0.1, 0.15) is 78.2 Å². The van der Waals surface area contributed by atoms with Crippen LogP contribution in [0.15, 0.2) is 33.9 Å². The molecule has 6 nitrogen and oxygen atoms in total. The number of hydroxylamine groups is 2. The van der Waals surface area contributed by atoms with Crippen LogP contribution in [0.25, 0.3) is 0 Å². The Kier molecular flexibility index (Phi) is 9.16. The third kappa shape index (κ3) is 5.99. The summed E-state index contributed by atoms with van der Waals surface area (Å²) in [5.74, 6) is 1.49. The number of hydrogen-bond acceptors (Lipinski definition) is 4. The highest BCUT2D eigenvalue weighted by Gasteiger charge is 2.44. The standard InChI is InChI=1S/C29H44BrN3O3/c1-5-36-31-27(23-8-12-25(30)13-9-23)22-6-10-24(11-7-22)29(4)15-18-32(19-16-29)28(34)26-20(2)14-17-33(35)21(26)3/h8-9,12-13,20-22,24,26,33H,5-7,10-11,14-19H2,1-4H3/b31-27-/t20-,21?,22?,24?,26?/m0/s1. The lowest BCUT2D eigenvalue weighted by Crippen LogP contribution is -3.13. The molecule has 3 unspecified atom stereocenters. The van der Waals surface area contributed by atoms with Crippen LogP contribution in [0.5, 0.6) is 0 Å². The summed E-state index contributed by atoms with van der Waals surface area (Å²) in [6.45, 7) is 11.4. The molecule has 4 rings (SSSR count). The number of piperidine rings is 2. The van der Waals surface area contributed by atoms with Gasteiger partial charge in [-0.15, -0.1) is 0 Å². The zero-order chi connectivity index (χ0) is 25.9. The third-order valence-electron chi connectivity index (χ3n) is 9.54. The second kappa shape index (κ2) is 12.0. The second-order valence-electron chi connectivity index (χ2n) is 11.7. The van der Waals surface area contributed by atoms with Crippen LogP contribution < -0.4 is 5.06 Å². The summed E-state index contributed by atoms with van der Waals surface area (Å²) < 4.78 is 1.07. The Hall–Kier alpha value is -1.44. The molecule has 2 saturated heterocycles. The lowest BCUT2D eigenvalue weighted by atomic mass is 9.63. The van der Waals surface area contributed by atoms with E-state index >= 15 is 0 Å². The quantitative estimate of drug-likeness (QED) is 0.300. The normalized spacial score (nSPS) is 33.3. The monoisotopic (exact) mass is 561 g/mol. The molecule has 0 spiro atoms. The van der Waals surface area contributed by atoms with Crippen LogP contribution in [0.3, 0.4) is 0 Å². The molecular weight excluding hydrogens is 518 g/mol. The number of oxime groups is 1. The third-order valence-corrected chi connectivity index (χ3v) is 10.1. The summed E-state index contributed by atoms with van der Waals surface area (Å²) in [6, 6.07) is 8.27. The van der Waals surface area contributed by atoms with Crippen molar-refractivity contribution >= 4 is 27.5 Å². The molecule has 1 aromatic rings. The average Bonchev–Trinajstić information content (AvgIpc) is 2.88. The Balaban J connectivity index is 1.34. The van der Waals surface area contributed by atoms with E-state index in [4.69, 9.17) is 4.84 Å². The SMILES string of the molecule is CCO/N=C(\c1ccc(Br)cc1)C1CCC(C2(C)CCN(C(=O)C3C(C)[NH+]([O-])CC[C@@H]3C)CC2)CC1. The molecule has 1 aliphatic carbocycles. The van der Waals surface area contributed by atoms with Crippen LogP contribution in [0.4, 0.5) is 0 Å². The highest BCUT2D eigenvalue weighted by molar-refractivity contribution is 9.10. The summed E-state index contributed by atoms with van der Waals surface area (Å²) in [4.78, 5) is 21.0. The molecule has 1 saturated carbocycles. The fourth-order valence-electron chi connectivity index (χ4n) is 6.97. The molecule has 2 aliphatic heterocycles. The Morgan fingerprint density at radius 2 is 1.78 bits per heavy atom. The first kappa shape index (κ1) is 27.6. The van der Waals surface area contributed by atoms with E-state index < -0.39 is 0 Å². The van der Waals surface area contributed by atoms with E-state index in [0.29, 0.717) is 30.9 Å². The zero-order valence-electron chi connectivity index (χ0n) is 22.5. The number of carbonyl (C=O) groups is 1. The molecule has 3 aliphatic rings. The van der Waals surface area contributed by atoms with Crippen LogP contribution >= 0.6 is 15.9 Å². The topological polar surface area (TPSA) is 69.4 Å². The van der Waals surface area contributed by atoms with Gasteiger partial charge in [0.1, 0.15) is 6.61 Å². The molecular formula is C29H44BrN3O3. The second-order valence-corrected chi connectivity index (χ2v) is 12.6. The van der Waals surface area contributed by atoms with Gasteiger partial charge in [-0.2, -0.15) is 0 Å². The number of quaternary nitrogens is 1. The molecule has 0 aromatic heterocycles. The lowest BCUT2D eigenvalue weighted by molar-refractivity contribution is -0.884. The van der Waals surface area contributed by atoms with E-state index in [9.17, 15) is 10.0 Å². The minimum atomic E-state index is -0.136. The van der Waals surface area contributed by atoms with Crippen molar-refractivity contribution in [3.05, 3.63) is 39.5 Å². The Labute approximate surface area is 225 Å². The molecule has 2 heterocycles. The minimum absolute atomic E-state index is 0.132. The number of likely N-dealkylation sites (tertiary alicyclic amines) is 1. The van der Waals surface area contributed by atoms with Gasteiger partial charge in [-0.05, 0) is 87.3 Å². The van der Waals surface area contributed by atoms with E-state index in [-0.39, 0.29) is 28.3 Å². The van der Waals surface area contributed by atoms with Gasteiger partial charge in [0.05, 0.1) is 24.2 Å². The van der Waals surface area contributed by atoms with Crippen LogP contribution in [-0.4, -0.2) is 48.8 Å². The predicted molar refractivity (Wildman–Crippen MR) is 148 cm³/mol. The van der Waals surface area contributed by atoms with Crippen LogP contribution in [0.2, 0.25) is 0 Å². The molecule has 3 fully saturated rings. The number of halogens is 1. The van der Waals surface area contributed by atoms with Crippen molar-refractivity contribution < 1.29 is 14.7 Å². The number of amides is 1. The van der Waals surface area contributed by atoms with Crippen molar-refractivity contribution in [3.8, 4) is 0 Å². The molecule has 1 N–H and O–H groups in total. The smallest absolute Gasteiger partial charge is 0.231 e. The van der Waals surface area contributed by atoms with Crippen molar-refractivity contribution in [2.45, 2.75) is 78.7 Å². The lowest BCUT2D eigenvalue weighted by Gasteiger charge is -2.48. The highest BCUT2D eigenvalue weighted by Crippen LogP contribution is 2.47. The molecule has 4 atom stereocenters. The fraction of sp³-hybridized carbons (Fsp3) is 0.724. The zero-order valence-corrected chi connectivity index (χ0v) is 24.1. The van der Waals surface area contributed by atoms with Gasteiger partial charge in [-0.1, -0.05) is 47.1 Å². The van der Waals surface area contributed by atoms with Gasteiger partial charge >= 0.3 is 0 Å². The molecule has 1 aromatic carbocycles. The maximum atomic E-state index is 13.4.